The van der Waals surface area contributed by atoms with E-state index in [0.717, 1.165) is 29.6 Å². The van der Waals surface area contributed by atoms with Gasteiger partial charge in [0.05, 0.1) is 12.3 Å². The van der Waals surface area contributed by atoms with E-state index in [-0.39, 0.29) is 24.1 Å². The Morgan fingerprint density at radius 2 is 1.79 bits per heavy atom. The highest BCUT2D eigenvalue weighted by molar-refractivity contribution is 8.00. The van der Waals surface area contributed by atoms with E-state index in [1.807, 2.05) is 24.3 Å². The number of anilines is 1. The van der Waals surface area contributed by atoms with Crippen LogP contribution in [-0.2, 0) is 9.59 Å². The van der Waals surface area contributed by atoms with Crippen molar-refractivity contribution < 1.29 is 18.4 Å². The van der Waals surface area contributed by atoms with Crippen molar-refractivity contribution in [3.05, 3.63) is 59.1 Å². The Morgan fingerprint density at radius 3 is 2.48 bits per heavy atom. The zero-order valence-corrected chi connectivity index (χ0v) is 17.1. The molecule has 1 aliphatic rings. The smallest absolute Gasteiger partial charge is 0.242 e. The quantitative estimate of drug-likeness (QED) is 0.702. The lowest BCUT2D eigenvalue weighted by Crippen LogP contribution is -2.51. The van der Waals surface area contributed by atoms with Gasteiger partial charge in [0.1, 0.15) is 0 Å². The zero-order chi connectivity index (χ0) is 20.8. The number of nitrogens with one attached hydrogen (secondary N) is 1. The molecule has 1 saturated heterocycles. The van der Waals surface area contributed by atoms with Crippen molar-refractivity contribution in [2.24, 2.45) is 0 Å². The SMILES string of the molecule is O=C(CSc1ccc(F)c(F)c1)NCC(=O)N1CCN(c2cccc(Cl)c2)CC1. The molecule has 1 heterocycles. The Hall–Kier alpha value is -2.32. The summed E-state index contributed by atoms with van der Waals surface area (Å²) >= 11 is 7.10. The lowest BCUT2D eigenvalue weighted by molar-refractivity contribution is -0.132. The molecule has 2 amide bonds. The highest BCUT2D eigenvalue weighted by Gasteiger charge is 2.21. The van der Waals surface area contributed by atoms with Crippen molar-refractivity contribution >= 4 is 40.9 Å². The van der Waals surface area contributed by atoms with Gasteiger partial charge in [-0.05, 0) is 36.4 Å². The van der Waals surface area contributed by atoms with Crippen LogP contribution in [-0.4, -0.2) is 55.2 Å². The van der Waals surface area contributed by atoms with Gasteiger partial charge in [0.15, 0.2) is 11.6 Å². The normalized spacial score (nSPS) is 14.0. The Balaban J connectivity index is 1.39. The van der Waals surface area contributed by atoms with Crippen molar-refractivity contribution in [2.45, 2.75) is 4.90 Å². The Morgan fingerprint density at radius 1 is 1.03 bits per heavy atom. The monoisotopic (exact) mass is 439 g/mol. The van der Waals surface area contributed by atoms with Gasteiger partial charge >= 0.3 is 0 Å². The minimum Gasteiger partial charge on any atom is -0.368 e. The minimum atomic E-state index is -0.956. The Labute approximate surface area is 177 Å². The van der Waals surface area contributed by atoms with Crippen LogP contribution in [0.1, 0.15) is 0 Å². The number of piperazine rings is 1. The van der Waals surface area contributed by atoms with Crippen molar-refractivity contribution in [2.75, 3.05) is 43.4 Å². The van der Waals surface area contributed by atoms with E-state index in [1.54, 1.807) is 4.90 Å². The van der Waals surface area contributed by atoms with E-state index in [0.29, 0.717) is 36.1 Å². The molecule has 0 bridgehead atoms. The van der Waals surface area contributed by atoms with Crippen molar-refractivity contribution in [3.63, 3.8) is 0 Å². The molecule has 154 valence electrons. The second kappa shape index (κ2) is 9.93. The Kier molecular flexibility index (Phi) is 7.33. The summed E-state index contributed by atoms with van der Waals surface area (Å²) in [5.74, 6) is -2.36. The first-order valence-corrected chi connectivity index (χ1v) is 10.4. The molecule has 3 rings (SSSR count). The van der Waals surface area contributed by atoms with Gasteiger partial charge in [0, 0.05) is 41.8 Å². The van der Waals surface area contributed by atoms with Crippen LogP contribution in [0, 0.1) is 11.6 Å². The largest absolute Gasteiger partial charge is 0.368 e. The predicted molar refractivity (Wildman–Crippen MR) is 110 cm³/mol. The molecule has 0 saturated carbocycles. The first-order valence-electron chi connectivity index (χ1n) is 9.05. The van der Waals surface area contributed by atoms with Crippen LogP contribution in [0.25, 0.3) is 0 Å². The zero-order valence-electron chi connectivity index (χ0n) is 15.5. The number of nitrogens with zero attached hydrogens (tertiary/aromatic N) is 2. The summed E-state index contributed by atoms with van der Waals surface area (Å²) in [4.78, 5) is 28.6. The van der Waals surface area contributed by atoms with Gasteiger partial charge < -0.3 is 15.1 Å². The fourth-order valence-electron chi connectivity index (χ4n) is 2.94. The summed E-state index contributed by atoms with van der Waals surface area (Å²) in [7, 11) is 0. The highest BCUT2D eigenvalue weighted by atomic mass is 35.5. The highest BCUT2D eigenvalue weighted by Crippen LogP contribution is 2.21. The lowest BCUT2D eigenvalue weighted by Gasteiger charge is -2.36. The molecule has 0 atom stereocenters. The molecular formula is C20H20ClF2N3O2S. The molecule has 2 aromatic carbocycles. The molecule has 1 aliphatic heterocycles. The van der Waals surface area contributed by atoms with E-state index < -0.39 is 11.6 Å². The first kappa shape index (κ1) is 21.4. The number of hydrogen-bond acceptors (Lipinski definition) is 4. The first-order chi connectivity index (χ1) is 13.9. The number of rotatable bonds is 6. The topological polar surface area (TPSA) is 52.7 Å². The van der Waals surface area contributed by atoms with E-state index in [9.17, 15) is 18.4 Å². The molecule has 0 spiro atoms. The van der Waals surface area contributed by atoms with Gasteiger partial charge in [-0.1, -0.05) is 17.7 Å². The van der Waals surface area contributed by atoms with E-state index in [1.165, 1.54) is 6.07 Å². The van der Waals surface area contributed by atoms with Crippen LogP contribution in [0.3, 0.4) is 0 Å². The molecule has 5 nitrogen and oxygen atoms in total. The van der Waals surface area contributed by atoms with Gasteiger partial charge in [-0.25, -0.2) is 8.78 Å². The van der Waals surface area contributed by atoms with Gasteiger partial charge in [0.25, 0.3) is 0 Å². The third-order valence-corrected chi connectivity index (χ3v) is 5.73. The third kappa shape index (κ3) is 6.08. The molecule has 29 heavy (non-hydrogen) atoms. The number of carbonyl (C=O) groups is 2. The van der Waals surface area contributed by atoms with Crippen LogP contribution < -0.4 is 10.2 Å². The van der Waals surface area contributed by atoms with Gasteiger partial charge in [0.2, 0.25) is 11.8 Å². The average Bonchev–Trinajstić information content (AvgIpc) is 2.73. The van der Waals surface area contributed by atoms with Crippen LogP contribution >= 0.6 is 23.4 Å². The molecular weight excluding hydrogens is 420 g/mol. The summed E-state index contributed by atoms with van der Waals surface area (Å²) < 4.78 is 26.1. The number of hydrogen-bond donors (Lipinski definition) is 1. The molecule has 9 heteroatoms. The maximum atomic E-state index is 13.2. The second-order valence-electron chi connectivity index (χ2n) is 6.49. The number of carbonyl (C=O) groups excluding carboxylic acids is 2. The summed E-state index contributed by atoms with van der Waals surface area (Å²) in [5, 5.41) is 3.25. The minimum absolute atomic E-state index is 0.0148. The predicted octanol–water partition coefficient (Wildman–Crippen LogP) is 3.18. The fourth-order valence-corrected chi connectivity index (χ4v) is 3.87. The second-order valence-corrected chi connectivity index (χ2v) is 7.97. The Bertz CT molecular complexity index is 892. The maximum absolute atomic E-state index is 13.2. The van der Waals surface area contributed by atoms with Gasteiger partial charge in [-0.3, -0.25) is 9.59 Å². The van der Waals surface area contributed by atoms with E-state index in [2.05, 4.69) is 10.2 Å². The van der Waals surface area contributed by atoms with Crippen molar-refractivity contribution in [1.82, 2.24) is 10.2 Å². The summed E-state index contributed by atoms with van der Waals surface area (Å²) in [6.07, 6.45) is 0. The van der Waals surface area contributed by atoms with Crippen LogP contribution in [0.4, 0.5) is 14.5 Å². The van der Waals surface area contributed by atoms with Gasteiger partial charge in [-0.2, -0.15) is 0 Å². The number of thioether (sulfide) groups is 1. The standard InChI is InChI=1S/C20H20ClF2N3O2S/c21-14-2-1-3-15(10-14)25-6-8-26(9-7-25)20(28)12-24-19(27)13-29-16-4-5-17(22)18(23)11-16/h1-5,10-11H,6-9,12-13H2,(H,24,27). The van der Waals surface area contributed by atoms with E-state index >= 15 is 0 Å². The molecule has 1 N–H and O–H groups in total. The summed E-state index contributed by atoms with van der Waals surface area (Å²) in [6, 6.07) is 11.0. The van der Waals surface area contributed by atoms with E-state index in [4.69, 9.17) is 11.6 Å². The molecule has 0 unspecified atom stereocenters. The third-order valence-electron chi connectivity index (χ3n) is 4.50. The summed E-state index contributed by atoms with van der Waals surface area (Å²) in [5.41, 5.74) is 1.02. The maximum Gasteiger partial charge on any atom is 0.242 e. The summed E-state index contributed by atoms with van der Waals surface area (Å²) in [6.45, 7) is 2.40. The number of halogens is 3. The van der Waals surface area contributed by atoms with Crippen molar-refractivity contribution in [3.8, 4) is 0 Å². The molecule has 1 fully saturated rings. The van der Waals surface area contributed by atoms with Crippen molar-refractivity contribution in [1.29, 1.82) is 0 Å². The molecule has 2 aromatic rings. The number of benzene rings is 2. The van der Waals surface area contributed by atoms with Crippen LogP contribution in [0.5, 0.6) is 0 Å². The van der Waals surface area contributed by atoms with Crippen LogP contribution in [0.2, 0.25) is 5.02 Å². The van der Waals surface area contributed by atoms with Crippen LogP contribution in [0.15, 0.2) is 47.4 Å². The fraction of sp³-hybridized carbons (Fsp3) is 0.300. The average molecular weight is 440 g/mol. The van der Waals surface area contributed by atoms with Gasteiger partial charge in [-0.15, -0.1) is 11.8 Å². The molecule has 0 aromatic heterocycles. The number of amides is 2. The lowest BCUT2D eigenvalue weighted by atomic mass is 10.2. The molecule has 0 aliphatic carbocycles. The molecule has 0 radical (unpaired) electrons.